The third-order valence-electron chi connectivity index (χ3n) is 4.92. The molecule has 0 bridgehead atoms. The zero-order chi connectivity index (χ0) is 17.6. The number of sulfonamides is 1. The number of para-hydroxylation sites is 1. The maximum Gasteiger partial charge on any atom is 0.264 e. The van der Waals surface area contributed by atoms with E-state index in [1.54, 1.807) is 29.2 Å². The van der Waals surface area contributed by atoms with Gasteiger partial charge in [0.25, 0.3) is 10.0 Å². The highest BCUT2D eigenvalue weighted by Crippen LogP contribution is 2.36. The number of carbonyl (C=O) groups excluding carboxylic acids is 1. The van der Waals surface area contributed by atoms with Gasteiger partial charge < -0.3 is 4.90 Å². The molecule has 5 nitrogen and oxygen atoms in total. The summed E-state index contributed by atoms with van der Waals surface area (Å²) >= 11 is 0. The summed E-state index contributed by atoms with van der Waals surface area (Å²) in [7, 11) is -3.63. The molecule has 25 heavy (non-hydrogen) atoms. The molecule has 4 rings (SSSR count). The molecule has 0 aliphatic carbocycles. The Kier molecular flexibility index (Phi) is 3.80. The largest absolute Gasteiger partial charge is 0.312 e. The van der Waals surface area contributed by atoms with Gasteiger partial charge in [-0.15, -0.1) is 0 Å². The first-order valence-corrected chi connectivity index (χ1v) is 9.95. The maximum atomic E-state index is 13.1. The van der Waals surface area contributed by atoms with Crippen LogP contribution in [0.4, 0.5) is 11.4 Å². The van der Waals surface area contributed by atoms with Gasteiger partial charge in [0.05, 0.1) is 10.6 Å². The van der Waals surface area contributed by atoms with Gasteiger partial charge in [0.15, 0.2) is 0 Å². The Hall–Kier alpha value is -2.34. The molecule has 2 aromatic carbocycles. The lowest BCUT2D eigenvalue weighted by Gasteiger charge is -2.25. The van der Waals surface area contributed by atoms with Crippen LogP contribution >= 0.6 is 0 Å². The number of amides is 1. The van der Waals surface area contributed by atoms with Crippen LogP contribution in [0, 0.1) is 0 Å². The van der Waals surface area contributed by atoms with Crippen molar-refractivity contribution in [2.45, 2.75) is 37.1 Å². The van der Waals surface area contributed by atoms with Gasteiger partial charge in [-0.25, -0.2) is 8.42 Å². The molecule has 2 aliphatic rings. The highest BCUT2D eigenvalue weighted by Gasteiger charge is 2.35. The van der Waals surface area contributed by atoms with Crippen molar-refractivity contribution in [3.63, 3.8) is 0 Å². The monoisotopic (exact) mass is 356 g/mol. The summed E-state index contributed by atoms with van der Waals surface area (Å²) in [5.41, 5.74) is 2.57. The average Bonchev–Trinajstić information content (AvgIpc) is 3.17. The van der Waals surface area contributed by atoms with Crippen LogP contribution in [-0.4, -0.2) is 26.9 Å². The summed E-state index contributed by atoms with van der Waals surface area (Å²) in [6.07, 6.45) is 2.12. The summed E-state index contributed by atoms with van der Waals surface area (Å²) in [6.45, 7) is 2.62. The van der Waals surface area contributed by atoms with E-state index in [4.69, 9.17) is 0 Å². The smallest absolute Gasteiger partial charge is 0.264 e. The molecule has 0 aromatic heterocycles. The minimum Gasteiger partial charge on any atom is -0.312 e. The number of carbonyl (C=O) groups is 1. The SMILES string of the molecule is CC1Cc2ccccc2N1S(=O)(=O)c1ccc(N2CCCC2=O)cc1. The fourth-order valence-electron chi connectivity index (χ4n) is 3.74. The van der Waals surface area contributed by atoms with E-state index < -0.39 is 10.0 Å². The van der Waals surface area contributed by atoms with Crippen molar-refractivity contribution < 1.29 is 13.2 Å². The predicted octanol–water partition coefficient (Wildman–Crippen LogP) is 2.95. The molecule has 1 amide bonds. The first kappa shape index (κ1) is 16.1. The molecule has 6 heteroatoms. The molecule has 2 aliphatic heterocycles. The van der Waals surface area contributed by atoms with E-state index in [1.165, 1.54) is 4.31 Å². The molecule has 0 saturated carbocycles. The summed E-state index contributed by atoms with van der Waals surface area (Å²) in [6, 6.07) is 14.2. The third-order valence-corrected chi connectivity index (χ3v) is 6.87. The van der Waals surface area contributed by atoms with Crippen LogP contribution in [0.15, 0.2) is 53.4 Å². The second-order valence-electron chi connectivity index (χ2n) is 6.63. The lowest BCUT2D eigenvalue weighted by atomic mass is 10.1. The second kappa shape index (κ2) is 5.88. The first-order valence-electron chi connectivity index (χ1n) is 8.51. The Morgan fingerprint density at radius 2 is 1.76 bits per heavy atom. The van der Waals surface area contributed by atoms with Crippen LogP contribution in [0.3, 0.4) is 0 Å². The zero-order valence-corrected chi connectivity index (χ0v) is 14.9. The second-order valence-corrected chi connectivity index (χ2v) is 8.44. The Balaban J connectivity index is 1.68. The van der Waals surface area contributed by atoms with Gasteiger partial charge in [-0.05, 0) is 55.7 Å². The number of anilines is 2. The van der Waals surface area contributed by atoms with Crippen LogP contribution in [-0.2, 0) is 21.2 Å². The van der Waals surface area contributed by atoms with Crippen LogP contribution in [0.25, 0.3) is 0 Å². The van der Waals surface area contributed by atoms with Gasteiger partial charge in [0, 0.05) is 24.7 Å². The molecule has 1 fully saturated rings. The van der Waals surface area contributed by atoms with E-state index in [0.717, 1.165) is 29.8 Å². The normalized spacial score (nSPS) is 20.2. The van der Waals surface area contributed by atoms with Crippen LogP contribution in [0.2, 0.25) is 0 Å². The van der Waals surface area contributed by atoms with Gasteiger partial charge in [0.1, 0.15) is 0 Å². The van der Waals surface area contributed by atoms with Gasteiger partial charge in [0.2, 0.25) is 5.91 Å². The topological polar surface area (TPSA) is 57.7 Å². The number of nitrogens with zero attached hydrogens (tertiary/aromatic N) is 2. The van der Waals surface area contributed by atoms with Gasteiger partial charge in [-0.2, -0.15) is 0 Å². The van der Waals surface area contributed by atoms with E-state index in [2.05, 4.69) is 0 Å². The fraction of sp³-hybridized carbons (Fsp3) is 0.316. The number of hydrogen-bond acceptors (Lipinski definition) is 3. The van der Waals surface area contributed by atoms with E-state index >= 15 is 0 Å². The van der Waals surface area contributed by atoms with Crippen molar-refractivity contribution >= 4 is 27.3 Å². The van der Waals surface area contributed by atoms with Gasteiger partial charge in [-0.1, -0.05) is 18.2 Å². The quantitative estimate of drug-likeness (QED) is 0.850. The third kappa shape index (κ3) is 2.61. The molecule has 1 unspecified atom stereocenters. The van der Waals surface area contributed by atoms with E-state index in [-0.39, 0.29) is 16.8 Å². The number of benzene rings is 2. The standard InChI is InChI=1S/C19H20N2O3S/c1-14-13-15-5-2-3-6-18(15)21(14)25(23,24)17-10-8-16(9-11-17)20-12-4-7-19(20)22/h2-3,5-6,8-11,14H,4,7,12-13H2,1H3. The molecule has 130 valence electrons. The predicted molar refractivity (Wildman–Crippen MR) is 97.3 cm³/mol. The molecule has 2 aromatic rings. The molecular weight excluding hydrogens is 336 g/mol. The van der Waals surface area contributed by atoms with E-state index in [1.807, 2.05) is 31.2 Å². The van der Waals surface area contributed by atoms with Crippen molar-refractivity contribution in [1.29, 1.82) is 0 Å². The highest BCUT2D eigenvalue weighted by molar-refractivity contribution is 7.92. The molecular formula is C19H20N2O3S. The lowest BCUT2D eigenvalue weighted by molar-refractivity contribution is -0.117. The van der Waals surface area contributed by atoms with Crippen molar-refractivity contribution in [1.82, 2.24) is 0 Å². The van der Waals surface area contributed by atoms with Crippen LogP contribution < -0.4 is 9.21 Å². The Morgan fingerprint density at radius 3 is 2.44 bits per heavy atom. The van der Waals surface area contributed by atoms with Crippen molar-refractivity contribution in [2.24, 2.45) is 0 Å². The van der Waals surface area contributed by atoms with Gasteiger partial charge in [-0.3, -0.25) is 9.10 Å². The maximum absolute atomic E-state index is 13.1. The van der Waals surface area contributed by atoms with Gasteiger partial charge >= 0.3 is 0 Å². The van der Waals surface area contributed by atoms with E-state index in [9.17, 15) is 13.2 Å². The molecule has 0 N–H and O–H groups in total. The molecule has 0 spiro atoms. The zero-order valence-electron chi connectivity index (χ0n) is 14.1. The van der Waals surface area contributed by atoms with Crippen LogP contribution in [0.5, 0.6) is 0 Å². The summed E-state index contributed by atoms with van der Waals surface area (Å²) in [5, 5.41) is 0. The molecule has 1 saturated heterocycles. The molecule has 0 radical (unpaired) electrons. The summed E-state index contributed by atoms with van der Waals surface area (Å²) in [4.78, 5) is 13.8. The Bertz CT molecular complexity index is 922. The highest BCUT2D eigenvalue weighted by atomic mass is 32.2. The van der Waals surface area contributed by atoms with Crippen molar-refractivity contribution in [3.8, 4) is 0 Å². The van der Waals surface area contributed by atoms with Crippen molar-refractivity contribution in [3.05, 3.63) is 54.1 Å². The number of fused-ring (bicyclic) bond motifs is 1. The number of rotatable bonds is 3. The Morgan fingerprint density at radius 1 is 1.04 bits per heavy atom. The number of hydrogen-bond donors (Lipinski definition) is 0. The van der Waals surface area contributed by atoms with Crippen molar-refractivity contribution in [2.75, 3.05) is 15.7 Å². The lowest BCUT2D eigenvalue weighted by Crippen LogP contribution is -2.35. The van der Waals surface area contributed by atoms with Crippen LogP contribution in [0.1, 0.15) is 25.3 Å². The molecule has 1 atom stereocenters. The summed E-state index contributed by atoms with van der Waals surface area (Å²) in [5.74, 6) is 0.0951. The first-order chi connectivity index (χ1) is 12.0. The fourth-order valence-corrected chi connectivity index (χ4v) is 5.43. The minimum absolute atomic E-state index is 0.0951. The Labute approximate surface area is 147 Å². The molecule has 2 heterocycles. The van der Waals surface area contributed by atoms with E-state index in [0.29, 0.717) is 13.0 Å². The average molecular weight is 356 g/mol. The summed E-state index contributed by atoms with van der Waals surface area (Å²) < 4.78 is 27.8. The minimum atomic E-state index is -3.63.